The van der Waals surface area contributed by atoms with Gasteiger partial charge in [-0.1, -0.05) is 0 Å². The number of amides is 1. The summed E-state index contributed by atoms with van der Waals surface area (Å²) in [4.78, 5) is 14.6. The number of nitrogens with one attached hydrogen (secondary N) is 2. The SMILES string of the molecule is Cl.O=C(NC1CCCNC1)c1cc2c(s1)CCCC2. The van der Waals surface area contributed by atoms with Gasteiger partial charge in [0.1, 0.15) is 0 Å². The summed E-state index contributed by atoms with van der Waals surface area (Å²) in [5, 5.41) is 6.48. The van der Waals surface area contributed by atoms with Crippen LogP contribution in [0.4, 0.5) is 0 Å². The Labute approximate surface area is 124 Å². The van der Waals surface area contributed by atoms with Crippen LogP contribution in [0.25, 0.3) is 0 Å². The highest BCUT2D eigenvalue weighted by Gasteiger charge is 2.20. The summed E-state index contributed by atoms with van der Waals surface area (Å²) in [6.07, 6.45) is 7.14. The van der Waals surface area contributed by atoms with Gasteiger partial charge in [0.15, 0.2) is 0 Å². The number of carbonyl (C=O) groups excluding carboxylic acids is 1. The highest BCUT2D eigenvalue weighted by atomic mass is 35.5. The Kier molecular flexibility index (Phi) is 5.25. The molecule has 1 aliphatic carbocycles. The van der Waals surface area contributed by atoms with Gasteiger partial charge in [0.05, 0.1) is 4.88 Å². The van der Waals surface area contributed by atoms with E-state index in [-0.39, 0.29) is 18.3 Å². The van der Waals surface area contributed by atoms with Crippen LogP contribution in [0.2, 0.25) is 0 Å². The molecular formula is C14H21ClN2OS. The fourth-order valence-corrected chi connectivity index (χ4v) is 3.99. The molecule has 1 atom stereocenters. The third-order valence-corrected chi connectivity index (χ3v) is 5.09. The normalized spacial score (nSPS) is 22.2. The van der Waals surface area contributed by atoms with E-state index in [1.54, 1.807) is 11.3 Å². The predicted octanol–water partition coefficient (Wildman–Crippen LogP) is 2.53. The van der Waals surface area contributed by atoms with Gasteiger partial charge in [0.25, 0.3) is 5.91 Å². The Bertz CT molecular complexity index is 417. The van der Waals surface area contributed by atoms with Crippen molar-refractivity contribution < 1.29 is 4.79 Å². The van der Waals surface area contributed by atoms with Crippen molar-refractivity contribution in [1.82, 2.24) is 10.6 Å². The molecule has 5 heteroatoms. The van der Waals surface area contributed by atoms with Crippen LogP contribution in [0.5, 0.6) is 0 Å². The fraction of sp³-hybridized carbons (Fsp3) is 0.643. The Morgan fingerprint density at radius 1 is 1.32 bits per heavy atom. The van der Waals surface area contributed by atoms with Crippen molar-refractivity contribution in [3.05, 3.63) is 21.4 Å². The average molecular weight is 301 g/mol. The van der Waals surface area contributed by atoms with Crippen molar-refractivity contribution in [2.45, 2.75) is 44.6 Å². The third kappa shape index (κ3) is 3.50. The minimum absolute atomic E-state index is 0. The average Bonchev–Trinajstić information content (AvgIpc) is 2.84. The lowest BCUT2D eigenvalue weighted by Crippen LogP contribution is -2.45. The second-order valence-electron chi connectivity index (χ2n) is 5.28. The molecule has 2 aliphatic rings. The van der Waals surface area contributed by atoms with Crippen molar-refractivity contribution in [2.24, 2.45) is 0 Å². The van der Waals surface area contributed by atoms with Crippen molar-refractivity contribution >= 4 is 29.7 Å². The largest absolute Gasteiger partial charge is 0.347 e. The predicted molar refractivity (Wildman–Crippen MR) is 81.6 cm³/mol. The maximum absolute atomic E-state index is 12.2. The van der Waals surface area contributed by atoms with Gasteiger partial charge in [-0.2, -0.15) is 0 Å². The monoisotopic (exact) mass is 300 g/mol. The molecule has 1 aromatic rings. The van der Waals surface area contributed by atoms with E-state index in [1.807, 2.05) is 0 Å². The number of rotatable bonds is 2. The molecule has 0 radical (unpaired) electrons. The molecule has 1 saturated heterocycles. The number of aryl methyl sites for hydroxylation is 2. The van der Waals surface area contributed by atoms with Crippen LogP contribution >= 0.6 is 23.7 Å². The van der Waals surface area contributed by atoms with Crippen LogP contribution in [0.15, 0.2) is 6.07 Å². The minimum atomic E-state index is 0. The van der Waals surface area contributed by atoms with Gasteiger partial charge in [-0.25, -0.2) is 0 Å². The highest BCUT2D eigenvalue weighted by molar-refractivity contribution is 7.14. The van der Waals surface area contributed by atoms with Gasteiger partial charge in [-0.3, -0.25) is 4.79 Å². The number of hydrogen-bond donors (Lipinski definition) is 2. The molecule has 0 aromatic carbocycles. The van der Waals surface area contributed by atoms with Crippen molar-refractivity contribution in [2.75, 3.05) is 13.1 Å². The second-order valence-corrected chi connectivity index (χ2v) is 6.42. The van der Waals surface area contributed by atoms with E-state index in [0.29, 0.717) is 6.04 Å². The number of piperidine rings is 1. The zero-order valence-electron chi connectivity index (χ0n) is 11.0. The summed E-state index contributed by atoms with van der Waals surface area (Å²) in [5.41, 5.74) is 1.41. The lowest BCUT2D eigenvalue weighted by Gasteiger charge is -2.23. The molecule has 0 bridgehead atoms. The van der Waals surface area contributed by atoms with Gasteiger partial charge in [-0.05, 0) is 56.7 Å². The number of carbonyl (C=O) groups is 1. The van der Waals surface area contributed by atoms with E-state index in [4.69, 9.17) is 0 Å². The minimum Gasteiger partial charge on any atom is -0.347 e. The molecule has 1 aromatic heterocycles. The van der Waals surface area contributed by atoms with Gasteiger partial charge in [0, 0.05) is 17.5 Å². The van der Waals surface area contributed by atoms with E-state index < -0.39 is 0 Å². The first-order valence-electron chi connectivity index (χ1n) is 6.96. The van der Waals surface area contributed by atoms with Gasteiger partial charge in [0.2, 0.25) is 0 Å². The summed E-state index contributed by atoms with van der Waals surface area (Å²) in [6.45, 7) is 2.00. The van der Waals surface area contributed by atoms with Gasteiger partial charge >= 0.3 is 0 Å². The summed E-state index contributed by atoms with van der Waals surface area (Å²) >= 11 is 1.70. The molecule has 0 saturated carbocycles. The van der Waals surface area contributed by atoms with Crippen LogP contribution in [0.1, 0.15) is 45.8 Å². The standard InChI is InChI=1S/C14H20N2OS.ClH/c17-14(16-11-5-3-7-15-9-11)13-8-10-4-1-2-6-12(10)18-13;/h8,11,15H,1-7,9H2,(H,16,17);1H. The van der Waals surface area contributed by atoms with Crippen LogP contribution in [-0.2, 0) is 12.8 Å². The summed E-state index contributed by atoms with van der Waals surface area (Å²) < 4.78 is 0. The van der Waals surface area contributed by atoms with Crippen molar-refractivity contribution in [3.8, 4) is 0 Å². The highest BCUT2D eigenvalue weighted by Crippen LogP contribution is 2.29. The van der Waals surface area contributed by atoms with E-state index in [0.717, 1.165) is 43.6 Å². The topological polar surface area (TPSA) is 41.1 Å². The van der Waals surface area contributed by atoms with Gasteiger partial charge in [-0.15, -0.1) is 23.7 Å². The molecule has 0 spiro atoms. The number of thiophene rings is 1. The first-order valence-corrected chi connectivity index (χ1v) is 7.78. The Hall–Kier alpha value is -0.580. The van der Waals surface area contributed by atoms with E-state index in [1.165, 1.54) is 23.3 Å². The molecule has 2 heterocycles. The first kappa shape index (κ1) is 14.8. The van der Waals surface area contributed by atoms with Crippen molar-refractivity contribution in [1.29, 1.82) is 0 Å². The summed E-state index contributed by atoms with van der Waals surface area (Å²) in [7, 11) is 0. The summed E-state index contributed by atoms with van der Waals surface area (Å²) in [5.74, 6) is 0.128. The molecule has 106 valence electrons. The van der Waals surface area contributed by atoms with Gasteiger partial charge < -0.3 is 10.6 Å². The summed E-state index contributed by atoms with van der Waals surface area (Å²) in [6, 6.07) is 2.43. The maximum Gasteiger partial charge on any atom is 0.261 e. The third-order valence-electron chi connectivity index (χ3n) is 3.85. The number of halogens is 1. The van der Waals surface area contributed by atoms with E-state index in [2.05, 4.69) is 16.7 Å². The van der Waals surface area contributed by atoms with Crippen LogP contribution < -0.4 is 10.6 Å². The molecule has 3 nitrogen and oxygen atoms in total. The Morgan fingerprint density at radius 3 is 2.89 bits per heavy atom. The van der Waals surface area contributed by atoms with E-state index >= 15 is 0 Å². The van der Waals surface area contributed by atoms with Crippen LogP contribution in [0.3, 0.4) is 0 Å². The molecule has 19 heavy (non-hydrogen) atoms. The molecule has 2 N–H and O–H groups in total. The molecule has 1 amide bonds. The van der Waals surface area contributed by atoms with Crippen LogP contribution in [0, 0.1) is 0 Å². The molecule has 1 unspecified atom stereocenters. The molecule has 3 rings (SSSR count). The quantitative estimate of drug-likeness (QED) is 0.881. The molecular weight excluding hydrogens is 280 g/mol. The van der Waals surface area contributed by atoms with E-state index in [9.17, 15) is 4.79 Å². The number of fused-ring (bicyclic) bond motifs is 1. The maximum atomic E-state index is 12.2. The van der Waals surface area contributed by atoms with Crippen molar-refractivity contribution in [3.63, 3.8) is 0 Å². The lowest BCUT2D eigenvalue weighted by molar-refractivity contribution is 0.0935. The Morgan fingerprint density at radius 2 is 2.16 bits per heavy atom. The molecule has 1 aliphatic heterocycles. The molecule has 1 fully saturated rings. The lowest BCUT2D eigenvalue weighted by atomic mass is 9.99. The zero-order chi connectivity index (χ0) is 12.4. The smallest absolute Gasteiger partial charge is 0.261 e. The Balaban J connectivity index is 0.00000133. The second kappa shape index (κ2) is 6.73. The first-order chi connectivity index (χ1) is 8.83. The fourth-order valence-electron chi connectivity index (χ4n) is 2.83. The zero-order valence-corrected chi connectivity index (χ0v) is 12.7. The number of hydrogen-bond acceptors (Lipinski definition) is 3. The van der Waals surface area contributed by atoms with Crippen LogP contribution in [-0.4, -0.2) is 25.0 Å².